The molecule has 0 aliphatic rings. The lowest BCUT2D eigenvalue weighted by Gasteiger charge is -2.09. The molecule has 2 aromatic carbocycles. The molecule has 1 aromatic heterocycles. The fourth-order valence-electron chi connectivity index (χ4n) is 2.76. The maximum atomic E-state index is 12.3. The summed E-state index contributed by atoms with van der Waals surface area (Å²) in [6, 6.07) is 13.7. The highest BCUT2D eigenvalue weighted by Crippen LogP contribution is 2.15. The van der Waals surface area contributed by atoms with Crippen molar-refractivity contribution in [2.24, 2.45) is 0 Å². The van der Waals surface area contributed by atoms with Crippen molar-refractivity contribution in [3.8, 4) is 0 Å². The molecule has 0 saturated heterocycles. The molecular weight excluding hydrogens is 352 g/mol. The van der Waals surface area contributed by atoms with Crippen molar-refractivity contribution >= 4 is 27.0 Å². The number of imidazole rings is 1. The summed E-state index contributed by atoms with van der Waals surface area (Å²) in [5, 5.41) is 2.85. The molecule has 1 amide bonds. The van der Waals surface area contributed by atoms with Gasteiger partial charge in [-0.2, -0.15) is 0 Å². The second kappa shape index (κ2) is 7.27. The van der Waals surface area contributed by atoms with Gasteiger partial charge in [-0.05, 0) is 50.4 Å². The Balaban J connectivity index is 1.65. The van der Waals surface area contributed by atoms with Gasteiger partial charge in [0.25, 0.3) is 5.91 Å². The van der Waals surface area contributed by atoms with Gasteiger partial charge in [-0.15, -0.1) is 0 Å². The van der Waals surface area contributed by atoms with Crippen molar-refractivity contribution < 1.29 is 13.2 Å². The van der Waals surface area contributed by atoms with Gasteiger partial charge in [-0.25, -0.2) is 18.1 Å². The first-order valence-electron chi connectivity index (χ1n) is 8.16. The van der Waals surface area contributed by atoms with Crippen molar-refractivity contribution in [2.75, 3.05) is 13.6 Å². The molecule has 0 unspecified atom stereocenters. The Hall–Kier alpha value is -2.71. The summed E-state index contributed by atoms with van der Waals surface area (Å²) >= 11 is 0. The predicted octanol–water partition coefficient (Wildman–Crippen LogP) is 1.68. The third kappa shape index (κ3) is 3.61. The number of benzene rings is 2. The van der Waals surface area contributed by atoms with Crippen LogP contribution in [-0.2, 0) is 16.6 Å². The molecule has 8 heteroatoms. The van der Waals surface area contributed by atoms with Crippen LogP contribution < -0.4 is 10.0 Å². The number of hydrogen-bond acceptors (Lipinski definition) is 4. The highest BCUT2D eigenvalue weighted by atomic mass is 32.2. The monoisotopic (exact) mass is 372 g/mol. The Morgan fingerprint density at radius 1 is 1.12 bits per heavy atom. The fourth-order valence-corrected chi connectivity index (χ4v) is 3.49. The van der Waals surface area contributed by atoms with Crippen molar-refractivity contribution in [1.29, 1.82) is 0 Å². The summed E-state index contributed by atoms with van der Waals surface area (Å²) in [6.07, 6.45) is 0. The first-order valence-corrected chi connectivity index (χ1v) is 9.64. The topological polar surface area (TPSA) is 93.1 Å². The molecule has 7 nitrogen and oxygen atoms in total. The molecule has 3 rings (SSSR count). The Bertz CT molecular complexity index is 1040. The van der Waals surface area contributed by atoms with Gasteiger partial charge in [0, 0.05) is 18.7 Å². The fraction of sp³-hybridized carbons (Fsp3) is 0.222. The lowest BCUT2D eigenvalue weighted by molar-refractivity contribution is 0.0952. The minimum Gasteiger partial charge on any atom is -0.350 e. The van der Waals surface area contributed by atoms with E-state index < -0.39 is 10.0 Å². The highest BCUT2D eigenvalue weighted by Gasteiger charge is 2.13. The molecule has 0 saturated carbocycles. The summed E-state index contributed by atoms with van der Waals surface area (Å²) in [6.45, 7) is 2.98. The molecule has 2 N–H and O–H groups in total. The molecule has 136 valence electrons. The van der Waals surface area contributed by atoms with E-state index in [0.29, 0.717) is 18.7 Å². The van der Waals surface area contributed by atoms with E-state index >= 15 is 0 Å². The molecule has 0 fully saturated rings. The SMILES string of the molecule is CNS(=O)(=O)c1ccc(C(=O)NCCn2c(C)nc3ccccc32)cc1. The third-order valence-electron chi connectivity index (χ3n) is 4.16. The van der Waals surface area contributed by atoms with Crippen LogP contribution in [0, 0.1) is 6.92 Å². The van der Waals surface area contributed by atoms with Crippen LogP contribution in [0.25, 0.3) is 11.0 Å². The summed E-state index contributed by atoms with van der Waals surface area (Å²) in [7, 11) is -2.16. The Morgan fingerprint density at radius 2 is 1.81 bits per heavy atom. The molecule has 3 aromatic rings. The minimum absolute atomic E-state index is 0.122. The minimum atomic E-state index is -3.50. The lowest BCUT2D eigenvalue weighted by atomic mass is 10.2. The number of aryl methyl sites for hydroxylation is 1. The number of aromatic nitrogens is 2. The number of fused-ring (bicyclic) bond motifs is 1. The van der Waals surface area contributed by atoms with Gasteiger partial charge in [0.05, 0.1) is 15.9 Å². The number of carbonyl (C=O) groups is 1. The van der Waals surface area contributed by atoms with Crippen molar-refractivity contribution in [3.63, 3.8) is 0 Å². The van der Waals surface area contributed by atoms with Crippen molar-refractivity contribution in [3.05, 3.63) is 59.9 Å². The predicted molar refractivity (Wildman–Crippen MR) is 99.5 cm³/mol. The number of amides is 1. The van der Waals surface area contributed by atoms with E-state index in [1.54, 1.807) is 0 Å². The molecule has 0 atom stereocenters. The summed E-state index contributed by atoms with van der Waals surface area (Å²) < 4.78 is 27.7. The van der Waals surface area contributed by atoms with Crippen LogP contribution in [-0.4, -0.2) is 37.5 Å². The number of carbonyl (C=O) groups excluding carboxylic acids is 1. The maximum absolute atomic E-state index is 12.3. The maximum Gasteiger partial charge on any atom is 0.251 e. The Kier molecular flexibility index (Phi) is 5.06. The van der Waals surface area contributed by atoms with E-state index in [-0.39, 0.29) is 10.8 Å². The third-order valence-corrected chi connectivity index (χ3v) is 5.59. The van der Waals surface area contributed by atoms with Crippen molar-refractivity contribution in [2.45, 2.75) is 18.4 Å². The first kappa shape index (κ1) is 18.1. The van der Waals surface area contributed by atoms with E-state index in [4.69, 9.17) is 0 Å². The van der Waals surface area contributed by atoms with Crippen LogP contribution in [0.1, 0.15) is 16.2 Å². The van der Waals surface area contributed by atoms with Gasteiger partial charge in [0.1, 0.15) is 5.82 Å². The standard InChI is InChI=1S/C18H20N4O3S/c1-13-21-16-5-3-4-6-17(16)22(13)12-11-20-18(23)14-7-9-15(10-8-14)26(24,25)19-2/h3-10,19H,11-12H2,1-2H3,(H,20,23). The van der Waals surface area contributed by atoms with Gasteiger partial charge < -0.3 is 9.88 Å². The van der Waals surface area contributed by atoms with Gasteiger partial charge in [-0.3, -0.25) is 4.79 Å². The zero-order valence-electron chi connectivity index (χ0n) is 14.6. The summed E-state index contributed by atoms with van der Waals surface area (Å²) in [5.74, 6) is 0.641. The van der Waals surface area contributed by atoms with Crippen LogP contribution in [0.4, 0.5) is 0 Å². The Labute approximate surface area is 152 Å². The Morgan fingerprint density at radius 3 is 2.50 bits per heavy atom. The van der Waals surface area contributed by atoms with Crippen molar-refractivity contribution in [1.82, 2.24) is 19.6 Å². The summed E-state index contributed by atoms with van der Waals surface area (Å²) in [4.78, 5) is 16.9. The van der Waals surface area contributed by atoms with Crippen LogP contribution in [0.5, 0.6) is 0 Å². The van der Waals surface area contributed by atoms with E-state index in [2.05, 4.69) is 19.6 Å². The second-order valence-corrected chi connectivity index (χ2v) is 7.67. The van der Waals surface area contributed by atoms with E-state index in [9.17, 15) is 13.2 Å². The smallest absolute Gasteiger partial charge is 0.251 e. The zero-order valence-corrected chi connectivity index (χ0v) is 15.4. The number of hydrogen-bond donors (Lipinski definition) is 2. The van der Waals surface area contributed by atoms with Crippen LogP contribution in [0.2, 0.25) is 0 Å². The number of nitrogens with one attached hydrogen (secondary N) is 2. The van der Waals surface area contributed by atoms with Gasteiger partial charge in [-0.1, -0.05) is 12.1 Å². The van der Waals surface area contributed by atoms with Gasteiger partial charge in [0.15, 0.2) is 0 Å². The zero-order chi connectivity index (χ0) is 18.7. The number of sulfonamides is 1. The molecule has 0 radical (unpaired) electrons. The normalized spacial score (nSPS) is 11.6. The molecule has 1 heterocycles. The van der Waals surface area contributed by atoms with Crippen LogP contribution in [0.3, 0.4) is 0 Å². The number of para-hydroxylation sites is 2. The first-order chi connectivity index (χ1) is 12.4. The largest absolute Gasteiger partial charge is 0.350 e. The number of rotatable bonds is 6. The summed E-state index contributed by atoms with van der Waals surface area (Å²) in [5.41, 5.74) is 2.37. The average Bonchev–Trinajstić information content (AvgIpc) is 2.97. The lowest BCUT2D eigenvalue weighted by Crippen LogP contribution is -2.27. The van der Waals surface area contributed by atoms with E-state index in [0.717, 1.165) is 16.9 Å². The molecule has 0 bridgehead atoms. The molecule has 0 aliphatic carbocycles. The second-order valence-electron chi connectivity index (χ2n) is 5.79. The van der Waals surface area contributed by atoms with Gasteiger partial charge >= 0.3 is 0 Å². The molecule has 0 spiro atoms. The highest BCUT2D eigenvalue weighted by molar-refractivity contribution is 7.89. The van der Waals surface area contributed by atoms with E-state index in [1.165, 1.54) is 31.3 Å². The quantitative estimate of drug-likeness (QED) is 0.688. The molecular formula is C18H20N4O3S. The molecule has 26 heavy (non-hydrogen) atoms. The van der Waals surface area contributed by atoms with Gasteiger partial charge in [0.2, 0.25) is 10.0 Å². The number of nitrogens with zero attached hydrogens (tertiary/aromatic N) is 2. The average molecular weight is 372 g/mol. The van der Waals surface area contributed by atoms with Crippen LogP contribution in [0.15, 0.2) is 53.4 Å². The van der Waals surface area contributed by atoms with Crippen LogP contribution >= 0.6 is 0 Å². The molecule has 0 aliphatic heterocycles. The van der Waals surface area contributed by atoms with E-state index in [1.807, 2.05) is 31.2 Å².